The van der Waals surface area contributed by atoms with Gasteiger partial charge in [0.25, 0.3) is 0 Å². The van der Waals surface area contributed by atoms with Crippen LogP contribution in [0.3, 0.4) is 0 Å². The average Bonchev–Trinajstić information content (AvgIpc) is 3.86. The van der Waals surface area contributed by atoms with E-state index in [2.05, 4.69) is 112 Å². The number of hydrogen-bond acceptors (Lipinski definition) is 6. The zero-order chi connectivity index (χ0) is 32.3. The first-order valence-corrected chi connectivity index (χ1v) is 25.4. The second-order valence-corrected chi connectivity index (χ2v) is 24.9. The molecule has 0 saturated carbocycles. The number of rotatable bonds is 15. The Kier molecular flexibility index (Phi) is 11.4. The topological polar surface area (TPSA) is 0 Å². The van der Waals surface area contributed by atoms with Gasteiger partial charge in [-0.15, -0.1) is 68.0 Å². The van der Waals surface area contributed by atoms with Crippen molar-refractivity contribution in [3.8, 4) is 48.8 Å². The first-order chi connectivity index (χ1) is 22.3. The summed E-state index contributed by atoms with van der Waals surface area (Å²) in [6.45, 7) is 14.3. The molecule has 242 valence electrons. The van der Waals surface area contributed by atoms with Gasteiger partial charge in [0.15, 0.2) is 0 Å². The normalized spacial score (nSPS) is 12.0. The predicted molar refractivity (Wildman–Crippen MR) is 220 cm³/mol. The van der Waals surface area contributed by atoms with Crippen LogP contribution in [-0.2, 0) is 19.3 Å². The van der Waals surface area contributed by atoms with E-state index >= 15 is 0 Å². The Labute approximate surface area is 301 Å². The SMILES string of the molecule is CCCCc1cc(-c2ccc(-c3sc(-c4cc(CCCC)c(-c5ccc([Si](C)(C)C)s5)s4)cc3CCCC)s2)sc1-c1cccs1. The summed E-state index contributed by atoms with van der Waals surface area (Å²) < 4.78 is 1.61. The molecular weight excluding hydrogens is 689 g/mol. The van der Waals surface area contributed by atoms with Gasteiger partial charge in [0.2, 0.25) is 0 Å². The summed E-state index contributed by atoms with van der Waals surface area (Å²) >= 11 is 12.0. The molecule has 6 heterocycles. The summed E-state index contributed by atoms with van der Waals surface area (Å²) in [6, 6.07) is 21.7. The first kappa shape index (κ1) is 34.3. The third-order valence-corrected chi connectivity index (χ3v) is 19.6. The molecule has 0 spiro atoms. The van der Waals surface area contributed by atoms with Crippen molar-refractivity contribution in [2.75, 3.05) is 0 Å². The molecule has 0 fully saturated rings. The quantitative estimate of drug-likeness (QED) is 0.0922. The van der Waals surface area contributed by atoms with E-state index in [1.54, 1.807) is 10.1 Å². The summed E-state index contributed by atoms with van der Waals surface area (Å²) in [6.07, 6.45) is 10.9. The van der Waals surface area contributed by atoms with Gasteiger partial charge in [-0.2, -0.15) is 0 Å². The Morgan fingerprint density at radius 2 is 0.935 bits per heavy atom. The zero-order valence-corrected chi connectivity index (χ0v) is 34.0. The summed E-state index contributed by atoms with van der Waals surface area (Å²) in [5, 5.41) is 2.21. The van der Waals surface area contributed by atoms with E-state index in [1.807, 2.05) is 56.7 Å². The van der Waals surface area contributed by atoms with Crippen molar-refractivity contribution in [2.24, 2.45) is 0 Å². The minimum atomic E-state index is -1.32. The van der Waals surface area contributed by atoms with Crippen LogP contribution in [0.2, 0.25) is 19.6 Å². The van der Waals surface area contributed by atoms with Gasteiger partial charge in [-0.1, -0.05) is 71.8 Å². The van der Waals surface area contributed by atoms with Crippen molar-refractivity contribution in [1.82, 2.24) is 0 Å². The highest BCUT2D eigenvalue weighted by Gasteiger charge is 2.23. The van der Waals surface area contributed by atoms with Crippen LogP contribution in [0.4, 0.5) is 0 Å². The summed E-state index contributed by atoms with van der Waals surface area (Å²) in [4.78, 5) is 14.5. The highest BCUT2D eigenvalue weighted by Crippen LogP contribution is 2.49. The van der Waals surface area contributed by atoms with E-state index in [0.29, 0.717) is 0 Å². The molecule has 0 amide bonds. The maximum Gasteiger partial charge on any atom is 0.0904 e. The Morgan fingerprint density at radius 1 is 0.478 bits per heavy atom. The molecule has 7 heteroatoms. The van der Waals surface area contributed by atoms with Crippen LogP contribution in [-0.4, -0.2) is 8.07 Å². The molecule has 46 heavy (non-hydrogen) atoms. The van der Waals surface area contributed by atoms with Crippen molar-refractivity contribution in [1.29, 1.82) is 0 Å². The lowest BCUT2D eigenvalue weighted by atomic mass is 10.1. The maximum absolute atomic E-state index is 2.54. The van der Waals surface area contributed by atoms with Gasteiger partial charge >= 0.3 is 0 Å². The smallest absolute Gasteiger partial charge is 0.0904 e. The Hall–Kier alpha value is -1.58. The largest absolute Gasteiger partial charge is 0.144 e. The predicted octanol–water partition coefficient (Wildman–Crippen LogP) is 15.0. The molecule has 0 radical (unpaired) electrons. The van der Waals surface area contributed by atoms with Gasteiger partial charge in [0, 0.05) is 48.8 Å². The number of unbranched alkanes of at least 4 members (excludes halogenated alkanes) is 3. The molecule has 0 saturated heterocycles. The van der Waals surface area contributed by atoms with E-state index in [0.717, 1.165) is 6.42 Å². The third kappa shape index (κ3) is 7.67. The Balaban J connectivity index is 1.35. The highest BCUT2D eigenvalue weighted by molar-refractivity contribution is 7.32. The van der Waals surface area contributed by atoms with E-state index < -0.39 is 8.07 Å². The monoisotopic (exact) mass is 734 g/mol. The molecule has 0 nitrogen and oxygen atoms in total. The Bertz CT molecular complexity index is 1850. The van der Waals surface area contributed by atoms with Crippen LogP contribution < -0.4 is 4.50 Å². The molecule has 6 aromatic rings. The van der Waals surface area contributed by atoms with Gasteiger partial charge in [-0.3, -0.25) is 0 Å². The van der Waals surface area contributed by atoms with E-state index in [9.17, 15) is 0 Å². The average molecular weight is 735 g/mol. The minimum Gasteiger partial charge on any atom is -0.144 e. The van der Waals surface area contributed by atoms with Gasteiger partial charge in [-0.25, -0.2) is 0 Å². The lowest BCUT2D eigenvalue weighted by molar-refractivity contribution is 0.798. The molecule has 0 N–H and O–H groups in total. The first-order valence-electron chi connectivity index (χ1n) is 16.9. The van der Waals surface area contributed by atoms with Crippen molar-refractivity contribution >= 4 is 80.6 Å². The van der Waals surface area contributed by atoms with Gasteiger partial charge < -0.3 is 0 Å². The fourth-order valence-corrected chi connectivity index (χ4v) is 14.7. The molecule has 6 aromatic heterocycles. The van der Waals surface area contributed by atoms with Crippen LogP contribution in [0.25, 0.3) is 48.8 Å². The van der Waals surface area contributed by atoms with Crippen molar-refractivity contribution in [3.63, 3.8) is 0 Å². The van der Waals surface area contributed by atoms with Crippen LogP contribution >= 0.6 is 68.0 Å². The van der Waals surface area contributed by atoms with Gasteiger partial charge in [0.05, 0.1) is 8.07 Å². The number of thiophene rings is 6. The fourth-order valence-electron chi connectivity index (χ4n) is 5.80. The second kappa shape index (κ2) is 15.3. The molecular formula is C39H46S6Si. The minimum absolute atomic E-state index is 1.16. The van der Waals surface area contributed by atoms with E-state index in [4.69, 9.17) is 0 Å². The number of aryl methyl sites for hydroxylation is 3. The molecule has 0 aliphatic carbocycles. The van der Waals surface area contributed by atoms with Crippen LogP contribution in [0.5, 0.6) is 0 Å². The van der Waals surface area contributed by atoms with Crippen molar-refractivity contribution in [2.45, 2.75) is 98.2 Å². The van der Waals surface area contributed by atoms with E-state index in [1.165, 1.54) is 111 Å². The van der Waals surface area contributed by atoms with Gasteiger partial charge in [0.1, 0.15) is 0 Å². The lowest BCUT2D eigenvalue weighted by Gasteiger charge is -2.12. The summed E-state index contributed by atoms with van der Waals surface area (Å²) in [5.74, 6) is 0. The molecule has 0 atom stereocenters. The molecule has 0 aliphatic heterocycles. The third-order valence-electron chi connectivity index (χ3n) is 8.46. The fraction of sp³-hybridized carbons (Fsp3) is 0.385. The Morgan fingerprint density at radius 3 is 1.39 bits per heavy atom. The van der Waals surface area contributed by atoms with Crippen LogP contribution in [0.15, 0.2) is 60.0 Å². The molecule has 0 unspecified atom stereocenters. The van der Waals surface area contributed by atoms with E-state index in [-0.39, 0.29) is 0 Å². The molecule has 6 rings (SSSR count). The summed E-state index contributed by atoms with van der Waals surface area (Å²) in [7, 11) is -1.32. The van der Waals surface area contributed by atoms with Gasteiger partial charge in [-0.05, 0) is 108 Å². The van der Waals surface area contributed by atoms with Crippen LogP contribution in [0.1, 0.15) is 76.0 Å². The molecule has 0 bridgehead atoms. The van der Waals surface area contributed by atoms with Crippen molar-refractivity contribution in [3.05, 3.63) is 76.7 Å². The summed E-state index contributed by atoms with van der Waals surface area (Å²) in [5.41, 5.74) is 4.61. The maximum atomic E-state index is 2.54. The number of hydrogen-bond donors (Lipinski definition) is 0. The van der Waals surface area contributed by atoms with Crippen LogP contribution in [0, 0.1) is 0 Å². The highest BCUT2D eigenvalue weighted by atomic mass is 32.1. The molecule has 0 aromatic carbocycles. The standard InChI is InChI=1S/C39H46S6Si/c1-7-10-14-26-23-33(43-37(26)30-17-13-22-40-30)29-18-19-31(41-29)38-27(15-11-8-2)24-34(44-38)35-25-28(16-12-9-3)39(45-35)32-20-21-36(42-32)46(4,5)6/h13,17-25H,7-12,14-16H2,1-6H3. The zero-order valence-electron chi connectivity index (χ0n) is 28.1. The lowest BCUT2D eigenvalue weighted by Crippen LogP contribution is -2.34. The molecule has 0 aliphatic rings. The van der Waals surface area contributed by atoms with Crippen molar-refractivity contribution < 1.29 is 0 Å². The second-order valence-electron chi connectivity index (χ2n) is 13.3.